The fourth-order valence-corrected chi connectivity index (χ4v) is 3.74. The van der Waals surface area contributed by atoms with Gasteiger partial charge in [0.15, 0.2) is 0 Å². The van der Waals surface area contributed by atoms with Crippen LogP contribution in [0.25, 0.3) is 0 Å². The van der Waals surface area contributed by atoms with Crippen molar-refractivity contribution in [1.29, 1.82) is 0 Å². The van der Waals surface area contributed by atoms with Gasteiger partial charge in [0.2, 0.25) is 0 Å². The lowest BCUT2D eigenvalue weighted by Gasteiger charge is -2.24. The first-order valence-corrected chi connectivity index (χ1v) is 8.83. The smallest absolute Gasteiger partial charge is 0.324 e. The van der Waals surface area contributed by atoms with E-state index < -0.39 is 22.5 Å². The minimum absolute atomic E-state index is 0.0354. The lowest BCUT2D eigenvalue weighted by atomic mass is 10.3. The number of carboxylic acid groups (broad SMARTS) is 1. The minimum Gasteiger partial charge on any atom is -0.497 e. The number of hydrogen-bond acceptors (Lipinski definition) is 5. The van der Waals surface area contributed by atoms with Crippen molar-refractivity contribution in [2.24, 2.45) is 0 Å². The predicted molar refractivity (Wildman–Crippen MR) is 93.2 cm³/mol. The highest BCUT2D eigenvalue weighted by Crippen LogP contribution is 2.35. The maximum Gasteiger partial charge on any atom is 0.324 e. The molecule has 0 aromatic heterocycles. The van der Waals surface area contributed by atoms with E-state index in [4.69, 9.17) is 21.1 Å². The van der Waals surface area contributed by atoms with E-state index in [2.05, 4.69) is 0 Å². The highest BCUT2D eigenvalue weighted by Gasteiger charge is 2.29. The zero-order valence-electron chi connectivity index (χ0n) is 13.5. The van der Waals surface area contributed by atoms with Gasteiger partial charge >= 0.3 is 5.97 Å². The summed E-state index contributed by atoms with van der Waals surface area (Å²) in [6.07, 6.45) is 0. The molecular weight excluding hydrogens is 370 g/mol. The van der Waals surface area contributed by atoms with Gasteiger partial charge in [0.05, 0.1) is 24.8 Å². The van der Waals surface area contributed by atoms with Crippen LogP contribution in [0.1, 0.15) is 0 Å². The lowest BCUT2D eigenvalue weighted by molar-refractivity contribution is -0.135. The minimum atomic E-state index is -4.17. The molecule has 0 amide bonds. The highest BCUT2D eigenvalue weighted by molar-refractivity contribution is 7.92. The second kappa shape index (κ2) is 7.62. The summed E-state index contributed by atoms with van der Waals surface area (Å²) >= 11 is 5.95. The van der Waals surface area contributed by atoms with E-state index in [9.17, 15) is 18.3 Å². The molecule has 0 heterocycles. The normalized spacial score (nSPS) is 11.0. The summed E-state index contributed by atoms with van der Waals surface area (Å²) in [5, 5.41) is 9.42. The van der Waals surface area contributed by atoms with Crippen LogP contribution < -0.4 is 13.8 Å². The van der Waals surface area contributed by atoms with Gasteiger partial charge in [-0.1, -0.05) is 11.6 Å². The molecule has 2 aromatic carbocycles. The van der Waals surface area contributed by atoms with Gasteiger partial charge in [0, 0.05) is 5.02 Å². The molecule has 7 nitrogen and oxygen atoms in total. The number of nitrogens with zero attached hydrogens (tertiary/aromatic N) is 1. The number of rotatable bonds is 7. The molecule has 0 atom stereocenters. The summed E-state index contributed by atoms with van der Waals surface area (Å²) in [6.45, 7) is -0.787. The van der Waals surface area contributed by atoms with Crippen molar-refractivity contribution in [3.05, 3.63) is 47.5 Å². The molecule has 2 aromatic rings. The first-order valence-electron chi connectivity index (χ1n) is 7.01. The molecule has 0 saturated heterocycles. The molecule has 0 aliphatic carbocycles. The summed E-state index contributed by atoms with van der Waals surface area (Å²) in [4.78, 5) is 11.2. The quantitative estimate of drug-likeness (QED) is 0.787. The van der Waals surface area contributed by atoms with Crippen LogP contribution in [-0.2, 0) is 14.8 Å². The molecule has 0 unspecified atom stereocenters. The number of halogens is 1. The number of ether oxygens (including phenoxy) is 2. The standard InChI is InChI=1S/C16H16ClNO6S/c1-23-12-4-6-13(7-5-12)25(21,22)18(10-16(19)20)14-9-11(17)3-8-15(14)24-2/h3-9H,10H2,1-2H3,(H,19,20). The number of anilines is 1. The number of methoxy groups -OCH3 is 2. The van der Waals surface area contributed by atoms with E-state index in [0.29, 0.717) is 5.75 Å². The van der Waals surface area contributed by atoms with E-state index >= 15 is 0 Å². The first kappa shape index (κ1) is 18.9. The van der Waals surface area contributed by atoms with Crippen molar-refractivity contribution in [2.75, 3.05) is 25.1 Å². The van der Waals surface area contributed by atoms with Crippen LogP contribution in [0.2, 0.25) is 5.02 Å². The van der Waals surface area contributed by atoms with Gasteiger partial charge in [-0.25, -0.2) is 8.42 Å². The van der Waals surface area contributed by atoms with Crippen molar-refractivity contribution in [2.45, 2.75) is 4.90 Å². The average Bonchev–Trinajstić information content (AvgIpc) is 2.59. The summed E-state index contributed by atoms with van der Waals surface area (Å²) in [5.74, 6) is -0.661. The maximum atomic E-state index is 13.0. The van der Waals surface area contributed by atoms with Crippen LogP contribution in [0, 0.1) is 0 Å². The van der Waals surface area contributed by atoms with E-state index in [0.717, 1.165) is 4.31 Å². The van der Waals surface area contributed by atoms with Gasteiger partial charge in [-0.15, -0.1) is 0 Å². The van der Waals surface area contributed by atoms with Crippen LogP contribution in [-0.4, -0.2) is 40.3 Å². The summed E-state index contributed by atoms with van der Waals surface area (Å²) in [6, 6.07) is 9.94. The van der Waals surface area contributed by atoms with Gasteiger partial charge in [-0.05, 0) is 42.5 Å². The third kappa shape index (κ3) is 4.15. The second-order valence-electron chi connectivity index (χ2n) is 4.90. The molecule has 25 heavy (non-hydrogen) atoms. The van der Waals surface area contributed by atoms with Crippen molar-refractivity contribution in [3.8, 4) is 11.5 Å². The molecule has 1 N–H and O–H groups in total. The zero-order valence-corrected chi connectivity index (χ0v) is 15.0. The van der Waals surface area contributed by atoms with Gasteiger partial charge in [0.25, 0.3) is 10.0 Å². The van der Waals surface area contributed by atoms with Crippen molar-refractivity contribution in [1.82, 2.24) is 0 Å². The van der Waals surface area contributed by atoms with Crippen LogP contribution >= 0.6 is 11.6 Å². The average molecular weight is 386 g/mol. The summed E-state index contributed by atoms with van der Waals surface area (Å²) in [7, 11) is -1.36. The van der Waals surface area contributed by atoms with Crippen molar-refractivity contribution < 1.29 is 27.8 Å². The van der Waals surface area contributed by atoms with E-state index in [1.54, 1.807) is 0 Å². The molecule has 0 aliphatic heterocycles. The Kier molecular flexibility index (Phi) is 5.76. The third-order valence-electron chi connectivity index (χ3n) is 3.34. The highest BCUT2D eigenvalue weighted by atomic mass is 35.5. The first-order chi connectivity index (χ1) is 11.8. The SMILES string of the molecule is COc1ccc(S(=O)(=O)N(CC(=O)O)c2cc(Cl)ccc2OC)cc1. The largest absolute Gasteiger partial charge is 0.497 e. The number of sulfonamides is 1. The molecule has 134 valence electrons. The Balaban J connectivity index is 2.60. The summed E-state index contributed by atoms with van der Waals surface area (Å²) in [5.41, 5.74) is 0.0354. The maximum absolute atomic E-state index is 13.0. The molecule has 0 saturated carbocycles. The van der Waals surface area contributed by atoms with Crippen LogP contribution in [0.5, 0.6) is 11.5 Å². The molecule has 0 aliphatic rings. The fraction of sp³-hybridized carbons (Fsp3) is 0.188. The van der Waals surface area contributed by atoms with E-state index in [1.165, 1.54) is 56.7 Å². The Morgan fingerprint density at radius 1 is 1.12 bits per heavy atom. The molecule has 2 rings (SSSR count). The number of aliphatic carboxylic acids is 1. The molecule has 0 radical (unpaired) electrons. The predicted octanol–water partition coefficient (Wildman–Crippen LogP) is 2.64. The Labute approximate surface area is 150 Å². The van der Waals surface area contributed by atoms with Crippen LogP contribution in [0.3, 0.4) is 0 Å². The van der Waals surface area contributed by atoms with Crippen LogP contribution in [0.15, 0.2) is 47.4 Å². The second-order valence-corrected chi connectivity index (χ2v) is 7.20. The molecule has 9 heteroatoms. The van der Waals surface area contributed by atoms with Gasteiger partial charge in [-0.3, -0.25) is 9.10 Å². The Bertz CT molecular complexity index is 867. The van der Waals surface area contributed by atoms with Crippen LogP contribution in [0.4, 0.5) is 5.69 Å². The molecule has 0 spiro atoms. The van der Waals surface area contributed by atoms with Gasteiger partial charge in [0.1, 0.15) is 18.0 Å². The third-order valence-corrected chi connectivity index (χ3v) is 5.34. The molecule has 0 bridgehead atoms. The number of benzene rings is 2. The Hall–Kier alpha value is -2.45. The monoisotopic (exact) mass is 385 g/mol. The number of hydrogen-bond donors (Lipinski definition) is 1. The Morgan fingerprint density at radius 3 is 2.28 bits per heavy atom. The zero-order chi connectivity index (χ0) is 18.6. The van der Waals surface area contributed by atoms with Crippen molar-refractivity contribution >= 4 is 33.3 Å². The molecular formula is C16H16ClNO6S. The summed E-state index contributed by atoms with van der Waals surface area (Å²) < 4.78 is 36.8. The van der Waals surface area contributed by atoms with E-state index in [-0.39, 0.29) is 21.4 Å². The van der Waals surface area contributed by atoms with Crippen molar-refractivity contribution in [3.63, 3.8) is 0 Å². The van der Waals surface area contributed by atoms with Gasteiger partial charge in [-0.2, -0.15) is 0 Å². The van der Waals surface area contributed by atoms with E-state index in [1.807, 2.05) is 0 Å². The lowest BCUT2D eigenvalue weighted by Crippen LogP contribution is -2.36. The fourth-order valence-electron chi connectivity index (χ4n) is 2.16. The topological polar surface area (TPSA) is 93.1 Å². The molecule has 0 fully saturated rings. The van der Waals surface area contributed by atoms with Gasteiger partial charge < -0.3 is 14.6 Å². The number of carbonyl (C=O) groups is 1. The Morgan fingerprint density at radius 2 is 1.76 bits per heavy atom. The number of carboxylic acids is 1.